The monoisotopic (exact) mass is 817 g/mol. The molecular formula is C35H28Cl2F2IN5O4. The summed E-state index contributed by atoms with van der Waals surface area (Å²) in [6.07, 6.45) is 0.896. The second-order valence-corrected chi connectivity index (χ2v) is 12.5. The summed E-state index contributed by atoms with van der Waals surface area (Å²) in [7, 11) is 2.72. The third kappa shape index (κ3) is 6.94. The molecule has 14 heteroatoms. The number of halogens is 5. The maximum atomic E-state index is 14.1. The van der Waals surface area contributed by atoms with Crippen molar-refractivity contribution < 1.29 is 27.8 Å². The Hall–Kier alpha value is -4.27. The lowest BCUT2D eigenvalue weighted by atomic mass is 10.0. The second-order valence-electron chi connectivity index (χ2n) is 11.0. The van der Waals surface area contributed by atoms with Crippen LogP contribution in [0.5, 0.6) is 0 Å². The number of ether oxygens (including phenoxy) is 2. The molecule has 0 radical (unpaired) electrons. The van der Waals surface area contributed by atoms with E-state index in [4.69, 9.17) is 27.9 Å². The number of hydrogen-bond acceptors (Lipinski definition) is 7. The van der Waals surface area contributed by atoms with E-state index in [2.05, 4.69) is 19.3 Å². The summed E-state index contributed by atoms with van der Waals surface area (Å²) in [4.78, 5) is 32.3. The number of carbonyl (C=O) groups excluding carboxylic acids is 2. The van der Waals surface area contributed by atoms with E-state index in [1.165, 1.54) is 31.9 Å². The standard InChI is InChI=1S/C17H13ClFN3O2.C15H10ClFN2.C3H5IO2/c1-24-16(23)8-21-9-22-12-4-2-3-11(19)10(12)7-14(22)17-13(21)5-6-15(18)20-17;16-14-5-4-9-6-7-19-12-3-1-2-11(17)10(12)8-13(19)15(9)18-14;1-6-3(5)2-4/h2-7H,8-9H2,1H3;1-5,8H,6-7H2;2H2,1H3. The zero-order chi connectivity index (χ0) is 34.8. The Labute approximate surface area is 303 Å². The first kappa shape index (κ1) is 34.6. The number of rotatable bonds is 3. The van der Waals surface area contributed by atoms with Gasteiger partial charge in [-0.25, -0.2) is 18.7 Å². The minimum Gasteiger partial charge on any atom is -0.468 e. The Morgan fingerprint density at radius 3 is 1.96 bits per heavy atom. The first-order valence-corrected chi connectivity index (χ1v) is 17.2. The molecule has 2 aliphatic heterocycles. The third-order valence-electron chi connectivity index (χ3n) is 8.20. The maximum absolute atomic E-state index is 14.1. The number of anilines is 1. The number of hydrogen-bond donors (Lipinski definition) is 0. The van der Waals surface area contributed by atoms with Gasteiger partial charge in [0.25, 0.3) is 0 Å². The Kier molecular flexibility index (Phi) is 10.4. The lowest BCUT2D eigenvalue weighted by Crippen LogP contribution is -2.35. The highest BCUT2D eigenvalue weighted by Gasteiger charge is 2.28. The molecule has 2 aromatic carbocycles. The van der Waals surface area contributed by atoms with E-state index >= 15 is 0 Å². The summed E-state index contributed by atoms with van der Waals surface area (Å²) in [5, 5.41) is 1.97. The van der Waals surface area contributed by atoms with Crippen molar-refractivity contribution in [2.75, 3.05) is 30.1 Å². The maximum Gasteiger partial charge on any atom is 0.325 e. The van der Waals surface area contributed by atoms with Crippen molar-refractivity contribution in [3.63, 3.8) is 0 Å². The number of aromatic nitrogens is 4. The number of benzene rings is 2. The number of aryl methyl sites for hydroxylation is 2. The fourth-order valence-electron chi connectivity index (χ4n) is 5.93. The second kappa shape index (κ2) is 14.7. The average molecular weight is 818 g/mol. The van der Waals surface area contributed by atoms with Gasteiger partial charge in [-0.05, 0) is 66.6 Å². The lowest BCUT2D eigenvalue weighted by molar-refractivity contribution is -0.139. The summed E-state index contributed by atoms with van der Waals surface area (Å²) in [6, 6.07) is 21.0. The quantitative estimate of drug-likeness (QED) is 0.0772. The molecule has 0 saturated carbocycles. The Balaban J connectivity index is 0.000000149. The van der Waals surface area contributed by atoms with E-state index < -0.39 is 0 Å². The van der Waals surface area contributed by atoms with Crippen LogP contribution in [0.1, 0.15) is 5.56 Å². The van der Waals surface area contributed by atoms with Gasteiger partial charge in [0.1, 0.15) is 34.2 Å². The number of carbonyl (C=O) groups is 2. The molecule has 9 nitrogen and oxygen atoms in total. The molecule has 0 atom stereocenters. The van der Waals surface area contributed by atoms with Crippen LogP contribution in [0, 0.1) is 11.6 Å². The van der Waals surface area contributed by atoms with Gasteiger partial charge in [-0.3, -0.25) is 9.59 Å². The minimum absolute atomic E-state index is 0.0707. The van der Waals surface area contributed by atoms with Gasteiger partial charge in [-0.1, -0.05) is 64.0 Å². The summed E-state index contributed by atoms with van der Waals surface area (Å²) in [6.45, 7) is 1.31. The van der Waals surface area contributed by atoms with Crippen LogP contribution in [0.15, 0.2) is 72.8 Å². The van der Waals surface area contributed by atoms with E-state index in [-0.39, 0.29) is 30.1 Å². The minimum atomic E-state index is -0.359. The number of pyridine rings is 2. The molecule has 252 valence electrons. The Bertz CT molecular complexity index is 2220. The predicted octanol–water partition coefficient (Wildman–Crippen LogP) is 8.09. The zero-order valence-corrected chi connectivity index (χ0v) is 29.9. The molecule has 6 heterocycles. The summed E-state index contributed by atoms with van der Waals surface area (Å²) in [5.74, 6) is -1.02. The van der Waals surface area contributed by atoms with Gasteiger partial charge in [0.2, 0.25) is 0 Å². The molecule has 0 N–H and O–H groups in total. The highest BCUT2D eigenvalue weighted by molar-refractivity contribution is 14.1. The number of fused-ring (bicyclic) bond motifs is 10. The van der Waals surface area contributed by atoms with Crippen molar-refractivity contribution in [2.45, 2.75) is 19.6 Å². The number of esters is 2. The number of methoxy groups -OCH3 is 2. The molecule has 0 fully saturated rings. The van der Waals surface area contributed by atoms with E-state index in [0.717, 1.165) is 46.8 Å². The molecule has 6 aromatic rings. The van der Waals surface area contributed by atoms with Crippen molar-refractivity contribution in [1.29, 1.82) is 0 Å². The van der Waals surface area contributed by atoms with Crippen molar-refractivity contribution in [3.05, 3.63) is 100 Å². The Morgan fingerprint density at radius 1 is 0.796 bits per heavy atom. The van der Waals surface area contributed by atoms with Gasteiger partial charge in [0.15, 0.2) is 0 Å². The molecule has 0 bridgehead atoms. The van der Waals surface area contributed by atoms with E-state index in [9.17, 15) is 18.4 Å². The lowest BCUT2D eigenvalue weighted by Gasteiger charge is -2.31. The largest absolute Gasteiger partial charge is 0.468 e. The van der Waals surface area contributed by atoms with E-state index in [1.807, 2.05) is 62.4 Å². The van der Waals surface area contributed by atoms with Crippen LogP contribution in [0.2, 0.25) is 10.3 Å². The van der Waals surface area contributed by atoms with Crippen LogP contribution < -0.4 is 4.90 Å². The highest BCUT2D eigenvalue weighted by atomic mass is 127. The number of alkyl halides is 1. The van der Waals surface area contributed by atoms with Gasteiger partial charge in [-0.2, -0.15) is 0 Å². The summed E-state index contributed by atoms with van der Waals surface area (Å²) >= 11 is 14.0. The molecule has 49 heavy (non-hydrogen) atoms. The summed E-state index contributed by atoms with van der Waals surface area (Å²) in [5.41, 5.74) is 6.80. The van der Waals surface area contributed by atoms with Crippen LogP contribution >= 0.6 is 45.8 Å². The average Bonchev–Trinajstić information content (AvgIpc) is 3.69. The molecule has 4 aromatic heterocycles. The van der Waals surface area contributed by atoms with Crippen LogP contribution in [0.4, 0.5) is 14.5 Å². The summed E-state index contributed by atoms with van der Waals surface area (Å²) < 4.78 is 41.5. The molecule has 0 unspecified atom stereocenters. The van der Waals surface area contributed by atoms with Crippen molar-refractivity contribution >= 4 is 85.2 Å². The van der Waals surface area contributed by atoms with Crippen molar-refractivity contribution in [1.82, 2.24) is 19.1 Å². The molecule has 0 amide bonds. The highest BCUT2D eigenvalue weighted by Crippen LogP contribution is 2.39. The fraction of sp³-hybridized carbons (Fsp3) is 0.200. The topological polar surface area (TPSA) is 91.5 Å². The van der Waals surface area contributed by atoms with E-state index in [1.54, 1.807) is 30.3 Å². The van der Waals surface area contributed by atoms with Crippen molar-refractivity contribution in [3.8, 4) is 22.8 Å². The van der Waals surface area contributed by atoms with Gasteiger partial charge >= 0.3 is 11.9 Å². The molecule has 0 aliphatic carbocycles. The SMILES string of the molecule is COC(=O)CI.COC(=O)CN1Cn2c(cc3c(F)cccc32)-c2nc(Cl)ccc21.Fc1cccc2c1cc1n2CCc2ccc(Cl)nc2-1. The first-order chi connectivity index (χ1) is 23.6. The predicted molar refractivity (Wildman–Crippen MR) is 194 cm³/mol. The van der Waals surface area contributed by atoms with Gasteiger partial charge in [0.05, 0.1) is 59.1 Å². The third-order valence-corrected chi connectivity index (χ3v) is 9.24. The smallest absolute Gasteiger partial charge is 0.325 e. The molecule has 0 spiro atoms. The molecular weight excluding hydrogens is 790 g/mol. The van der Waals surface area contributed by atoms with Crippen LogP contribution in [0.3, 0.4) is 0 Å². The molecule has 0 saturated heterocycles. The normalized spacial score (nSPS) is 12.4. The number of nitrogens with zero attached hydrogens (tertiary/aromatic N) is 5. The van der Waals surface area contributed by atoms with Crippen molar-refractivity contribution in [2.24, 2.45) is 0 Å². The first-order valence-electron chi connectivity index (χ1n) is 15.0. The zero-order valence-electron chi connectivity index (χ0n) is 26.2. The van der Waals surface area contributed by atoms with Gasteiger partial charge in [0, 0.05) is 17.3 Å². The molecule has 2 aliphatic rings. The Morgan fingerprint density at radius 2 is 1.37 bits per heavy atom. The van der Waals surface area contributed by atoms with E-state index in [0.29, 0.717) is 37.9 Å². The van der Waals surface area contributed by atoms with Gasteiger partial charge < -0.3 is 23.5 Å². The van der Waals surface area contributed by atoms with Crippen LogP contribution in [-0.2, 0) is 38.7 Å². The molecule has 8 rings (SSSR count). The van der Waals surface area contributed by atoms with Crippen LogP contribution in [-0.4, -0.2) is 56.2 Å². The van der Waals surface area contributed by atoms with Gasteiger partial charge in [-0.15, -0.1) is 0 Å². The fourth-order valence-corrected chi connectivity index (χ4v) is 6.54. The van der Waals surface area contributed by atoms with Crippen LogP contribution in [0.25, 0.3) is 44.6 Å².